The molecule has 15 heavy (non-hydrogen) atoms. The zero-order chi connectivity index (χ0) is 11.0. The summed E-state index contributed by atoms with van der Waals surface area (Å²) >= 11 is 0. The van der Waals surface area contributed by atoms with Crippen molar-refractivity contribution in [2.45, 2.75) is 13.8 Å². The van der Waals surface area contributed by atoms with Crippen LogP contribution in [0.1, 0.15) is 21.6 Å². The Bertz CT molecular complexity index is 547. The summed E-state index contributed by atoms with van der Waals surface area (Å²) in [5.41, 5.74) is 2.82. The number of rotatable bonds is 1. The average Bonchev–Trinajstić information content (AvgIpc) is 2.17. The Morgan fingerprint density at radius 3 is 2.67 bits per heavy atom. The number of hydrogen-bond donors (Lipinski definition) is 1. The summed E-state index contributed by atoms with van der Waals surface area (Å²) < 4.78 is 0. The minimum absolute atomic E-state index is 0.321. The van der Waals surface area contributed by atoms with Crippen molar-refractivity contribution in [3.05, 3.63) is 41.1 Å². The van der Waals surface area contributed by atoms with Crippen LogP contribution in [-0.2, 0) is 0 Å². The van der Waals surface area contributed by atoms with Crippen molar-refractivity contribution < 1.29 is 9.90 Å². The minimum Gasteiger partial charge on any atom is -0.478 e. The molecule has 2 rings (SSSR count). The molecule has 76 valence electrons. The predicted octanol–water partition coefficient (Wildman–Crippen LogP) is 2.55. The van der Waals surface area contributed by atoms with Crippen LogP contribution in [-0.4, -0.2) is 16.1 Å². The lowest BCUT2D eigenvalue weighted by Crippen LogP contribution is -2.00. The highest BCUT2D eigenvalue weighted by atomic mass is 16.4. The van der Waals surface area contributed by atoms with E-state index in [1.54, 1.807) is 13.0 Å². The third-order valence-corrected chi connectivity index (χ3v) is 2.32. The van der Waals surface area contributed by atoms with Gasteiger partial charge in [0.15, 0.2) is 0 Å². The van der Waals surface area contributed by atoms with Gasteiger partial charge in [0.2, 0.25) is 0 Å². The highest BCUT2D eigenvalue weighted by molar-refractivity contribution is 6.02. The van der Waals surface area contributed by atoms with Crippen molar-refractivity contribution in [2.75, 3.05) is 0 Å². The summed E-state index contributed by atoms with van der Waals surface area (Å²) in [6.07, 6.45) is 0. The van der Waals surface area contributed by atoms with E-state index in [9.17, 15) is 4.79 Å². The van der Waals surface area contributed by atoms with Crippen LogP contribution in [0.5, 0.6) is 0 Å². The number of benzene rings is 1. The number of carbonyl (C=O) groups is 1. The molecule has 0 aliphatic carbocycles. The summed E-state index contributed by atoms with van der Waals surface area (Å²) in [5.74, 6) is -0.906. The number of aromatic carboxylic acids is 1. The molecule has 0 aliphatic heterocycles. The lowest BCUT2D eigenvalue weighted by molar-refractivity contribution is 0.0699. The van der Waals surface area contributed by atoms with Crippen molar-refractivity contribution in [3.8, 4) is 0 Å². The van der Waals surface area contributed by atoms with Crippen LogP contribution < -0.4 is 0 Å². The highest BCUT2D eigenvalue weighted by Crippen LogP contribution is 2.19. The van der Waals surface area contributed by atoms with E-state index < -0.39 is 5.97 Å². The maximum Gasteiger partial charge on any atom is 0.336 e. The molecule has 0 atom stereocenters. The van der Waals surface area contributed by atoms with Crippen LogP contribution in [0.25, 0.3) is 10.9 Å². The van der Waals surface area contributed by atoms with Gasteiger partial charge in [-0.1, -0.05) is 11.6 Å². The maximum atomic E-state index is 11.1. The van der Waals surface area contributed by atoms with E-state index in [4.69, 9.17) is 5.11 Å². The van der Waals surface area contributed by atoms with Crippen molar-refractivity contribution in [2.24, 2.45) is 0 Å². The van der Waals surface area contributed by atoms with E-state index >= 15 is 0 Å². The molecule has 0 spiro atoms. The van der Waals surface area contributed by atoms with E-state index in [2.05, 4.69) is 4.98 Å². The van der Waals surface area contributed by atoms with Crippen molar-refractivity contribution in [1.82, 2.24) is 4.98 Å². The molecule has 3 nitrogen and oxygen atoms in total. The number of nitrogens with zero attached hydrogens (tertiary/aromatic N) is 1. The monoisotopic (exact) mass is 201 g/mol. The molecule has 0 amide bonds. The summed E-state index contributed by atoms with van der Waals surface area (Å²) in [5, 5.41) is 9.77. The van der Waals surface area contributed by atoms with E-state index in [0.717, 1.165) is 16.8 Å². The van der Waals surface area contributed by atoms with Crippen LogP contribution in [0.2, 0.25) is 0 Å². The van der Waals surface area contributed by atoms with Crippen LogP contribution in [0.4, 0.5) is 0 Å². The standard InChI is InChI=1S/C12H11NO2/c1-7-3-4-11-9(5-7)10(12(14)15)6-8(2)13-11/h3-6H,1-2H3,(H,14,15). The first-order chi connectivity index (χ1) is 7.08. The van der Waals surface area contributed by atoms with Gasteiger partial charge in [0.05, 0.1) is 11.1 Å². The number of fused-ring (bicyclic) bond motifs is 1. The second-order valence-electron chi connectivity index (χ2n) is 3.64. The quantitative estimate of drug-likeness (QED) is 0.771. The third-order valence-electron chi connectivity index (χ3n) is 2.32. The SMILES string of the molecule is Cc1ccc2nc(C)cc(C(=O)O)c2c1. The van der Waals surface area contributed by atoms with Gasteiger partial charge in [-0.2, -0.15) is 0 Å². The molecule has 2 aromatic rings. The Hall–Kier alpha value is -1.90. The number of pyridine rings is 1. The Morgan fingerprint density at radius 1 is 1.27 bits per heavy atom. The first kappa shape index (κ1) is 9.65. The van der Waals surface area contributed by atoms with Gasteiger partial charge in [0.1, 0.15) is 0 Å². The van der Waals surface area contributed by atoms with Crippen LogP contribution in [0, 0.1) is 13.8 Å². The molecule has 0 unspecified atom stereocenters. The molecule has 0 bridgehead atoms. The van der Waals surface area contributed by atoms with Crippen molar-refractivity contribution >= 4 is 16.9 Å². The number of hydrogen-bond acceptors (Lipinski definition) is 2. The fraction of sp³-hybridized carbons (Fsp3) is 0.167. The molecular formula is C12H11NO2. The number of aromatic nitrogens is 1. The van der Waals surface area contributed by atoms with Gasteiger partial charge < -0.3 is 5.11 Å². The third kappa shape index (κ3) is 1.68. The second-order valence-corrected chi connectivity index (χ2v) is 3.64. The molecule has 0 radical (unpaired) electrons. The Balaban J connectivity index is 2.87. The lowest BCUT2D eigenvalue weighted by Gasteiger charge is -2.04. The normalized spacial score (nSPS) is 10.5. The van der Waals surface area contributed by atoms with Gasteiger partial charge in [-0.15, -0.1) is 0 Å². The molecule has 1 N–H and O–H groups in total. The van der Waals surface area contributed by atoms with Gasteiger partial charge in [-0.3, -0.25) is 4.98 Å². The maximum absolute atomic E-state index is 11.1. The lowest BCUT2D eigenvalue weighted by atomic mass is 10.1. The average molecular weight is 201 g/mol. The number of aryl methyl sites for hydroxylation is 2. The van der Waals surface area contributed by atoms with Crippen LogP contribution in [0.15, 0.2) is 24.3 Å². The highest BCUT2D eigenvalue weighted by Gasteiger charge is 2.10. The summed E-state index contributed by atoms with van der Waals surface area (Å²) in [6.45, 7) is 3.73. The second kappa shape index (κ2) is 3.35. The van der Waals surface area contributed by atoms with Gasteiger partial charge in [-0.05, 0) is 32.0 Å². The summed E-state index contributed by atoms with van der Waals surface area (Å²) in [4.78, 5) is 15.3. The topological polar surface area (TPSA) is 50.2 Å². The van der Waals surface area contributed by atoms with E-state index in [-0.39, 0.29) is 0 Å². The van der Waals surface area contributed by atoms with Gasteiger partial charge in [0, 0.05) is 11.1 Å². The predicted molar refractivity (Wildman–Crippen MR) is 58.2 cm³/mol. The molecule has 3 heteroatoms. The largest absolute Gasteiger partial charge is 0.478 e. The van der Waals surface area contributed by atoms with Gasteiger partial charge >= 0.3 is 5.97 Å². The fourth-order valence-electron chi connectivity index (χ4n) is 1.65. The molecule has 0 saturated heterocycles. The van der Waals surface area contributed by atoms with Crippen molar-refractivity contribution in [3.63, 3.8) is 0 Å². The van der Waals surface area contributed by atoms with E-state index in [1.807, 2.05) is 25.1 Å². The molecule has 0 aliphatic rings. The number of carboxylic acid groups (broad SMARTS) is 1. The van der Waals surface area contributed by atoms with E-state index in [0.29, 0.717) is 10.9 Å². The smallest absolute Gasteiger partial charge is 0.336 e. The molecule has 0 saturated carbocycles. The fourth-order valence-corrected chi connectivity index (χ4v) is 1.65. The first-order valence-corrected chi connectivity index (χ1v) is 4.69. The minimum atomic E-state index is -0.906. The zero-order valence-corrected chi connectivity index (χ0v) is 8.61. The Labute approximate surface area is 87.4 Å². The molecule has 1 aromatic carbocycles. The number of carboxylic acids is 1. The molecule has 1 heterocycles. The molecule has 0 fully saturated rings. The van der Waals surface area contributed by atoms with Gasteiger partial charge in [-0.25, -0.2) is 4.79 Å². The van der Waals surface area contributed by atoms with E-state index in [1.165, 1.54) is 0 Å². The molecular weight excluding hydrogens is 190 g/mol. The van der Waals surface area contributed by atoms with Crippen LogP contribution in [0.3, 0.4) is 0 Å². The van der Waals surface area contributed by atoms with Crippen molar-refractivity contribution in [1.29, 1.82) is 0 Å². The van der Waals surface area contributed by atoms with Crippen LogP contribution >= 0.6 is 0 Å². The Morgan fingerprint density at radius 2 is 2.00 bits per heavy atom. The molecule has 1 aromatic heterocycles. The Kier molecular flexibility index (Phi) is 2.15. The zero-order valence-electron chi connectivity index (χ0n) is 8.61. The summed E-state index contributed by atoms with van der Waals surface area (Å²) in [7, 11) is 0. The van der Waals surface area contributed by atoms with Gasteiger partial charge in [0.25, 0.3) is 0 Å². The first-order valence-electron chi connectivity index (χ1n) is 4.69. The summed E-state index contributed by atoms with van der Waals surface area (Å²) in [6, 6.07) is 7.24.